The van der Waals surface area contributed by atoms with Crippen LogP contribution in [0.2, 0.25) is 0 Å². The zero-order valence-electron chi connectivity index (χ0n) is 16.4. The Balaban J connectivity index is 1.92. The van der Waals surface area contributed by atoms with E-state index in [1.54, 1.807) is 0 Å². The number of aromatic nitrogens is 1. The van der Waals surface area contributed by atoms with E-state index in [4.69, 9.17) is 4.74 Å². The maximum Gasteiger partial charge on any atom is 0.328 e. The molecule has 0 amide bonds. The van der Waals surface area contributed by atoms with Crippen molar-refractivity contribution in [2.75, 3.05) is 19.6 Å². The van der Waals surface area contributed by atoms with Crippen LogP contribution < -0.4 is 10.6 Å². The smallest absolute Gasteiger partial charge is 0.328 e. The number of carbonyl (C=O) groups excluding carboxylic acids is 1. The van der Waals surface area contributed by atoms with Crippen LogP contribution in [0.1, 0.15) is 38.8 Å². The van der Waals surface area contributed by atoms with Gasteiger partial charge >= 0.3 is 5.97 Å². The molecule has 0 unspecified atom stereocenters. The second kappa shape index (κ2) is 8.74. The lowest BCUT2D eigenvalue weighted by molar-refractivity contribution is -0.152. The first-order valence-corrected chi connectivity index (χ1v) is 9.09. The molecule has 0 saturated carbocycles. The quantitative estimate of drug-likeness (QED) is 0.421. The number of fused-ring (bicyclic) bond motifs is 1. The Morgan fingerprint density at radius 3 is 2.73 bits per heavy atom. The Hall–Kier alpha value is -2.50. The number of rotatable bonds is 6. The second-order valence-corrected chi connectivity index (χ2v) is 7.27. The molecule has 0 bridgehead atoms. The van der Waals surface area contributed by atoms with Gasteiger partial charge in [0.25, 0.3) is 0 Å². The van der Waals surface area contributed by atoms with Gasteiger partial charge in [-0.1, -0.05) is 18.2 Å². The third-order valence-electron chi connectivity index (χ3n) is 3.83. The van der Waals surface area contributed by atoms with Gasteiger partial charge in [-0.25, -0.2) is 4.99 Å². The third-order valence-corrected chi connectivity index (χ3v) is 3.83. The summed E-state index contributed by atoms with van der Waals surface area (Å²) in [4.78, 5) is 19.5. The number of aromatic amines is 1. The molecule has 0 aliphatic carbocycles. The Morgan fingerprint density at radius 1 is 1.27 bits per heavy atom. The monoisotopic (exact) mass is 358 g/mol. The van der Waals surface area contributed by atoms with E-state index in [9.17, 15) is 4.79 Å². The second-order valence-electron chi connectivity index (χ2n) is 7.27. The van der Waals surface area contributed by atoms with Crippen molar-refractivity contribution in [3.63, 3.8) is 0 Å². The largest absolute Gasteiger partial charge is 0.459 e. The highest BCUT2D eigenvalue weighted by Crippen LogP contribution is 2.21. The van der Waals surface area contributed by atoms with Crippen LogP contribution in [0.25, 0.3) is 10.9 Å². The van der Waals surface area contributed by atoms with Crippen LogP contribution in [0.3, 0.4) is 0 Å². The number of hydrogen-bond donors (Lipinski definition) is 3. The van der Waals surface area contributed by atoms with Gasteiger partial charge in [-0.05, 0) is 52.2 Å². The average molecular weight is 358 g/mol. The van der Waals surface area contributed by atoms with E-state index < -0.39 is 5.60 Å². The zero-order chi connectivity index (χ0) is 19.2. The summed E-state index contributed by atoms with van der Waals surface area (Å²) in [6, 6.07) is 6.32. The first-order chi connectivity index (χ1) is 12.3. The van der Waals surface area contributed by atoms with Crippen LogP contribution in [0.4, 0.5) is 0 Å². The minimum Gasteiger partial charge on any atom is -0.459 e. The van der Waals surface area contributed by atoms with Gasteiger partial charge in [0.1, 0.15) is 12.1 Å². The summed E-state index contributed by atoms with van der Waals surface area (Å²) in [5.74, 6) is 0.288. The van der Waals surface area contributed by atoms with Crippen LogP contribution >= 0.6 is 0 Å². The van der Waals surface area contributed by atoms with Crippen LogP contribution in [0.5, 0.6) is 0 Å². The fraction of sp³-hybridized carbons (Fsp3) is 0.500. The fourth-order valence-electron chi connectivity index (χ4n) is 2.75. The van der Waals surface area contributed by atoms with Crippen molar-refractivity contribution in [2.24, 2.45) is 4.99 Å². The molecule has 142 valence electrons. The minimum atomic E-state index is -0.494. The van der Waals surface area contributed by atoms with Gasteiger partial charge in [-0.3, -0.25) is 4.79 Å². The standard InChI is InChI=1S/C20H30N4O2/c1-6-21-19(24-13-17(25)26-20(3,4)5)22-11-10-15-12-23-18-14(2)8-7-9-16(15)18/h7-9,12,23H,6,10-11,13H2,1-5H3,(H2,21,22,24). The van der Waals surface area contributed by atoms with E-state index in [2.05, 4.69) is 51.9 Å². The van der Waals surface area contributed by atoms with E-state index in [0.717, 1.165) is 19.5 Å². The fourth-order valence-corrected chi connectivity index (χ4v) is 2.75. The molecule has 2 rings (SSSR count). The molecule has 6 nitrogen and oxygen atoms in total. The molecule has 0 aliphatic rings. The normalized spacial score (nSPS) is 12.3. The number of hydrogen-bond acceptors (Lipinski definition) is 3. The predicted octanol–water partition coefficient (Wildman–Crippen LogP) is 2.92. The Labute approximate surface area is 155 Å². The lowest BCUT2D eigenvalue weighted by atomic mass is 10.1. The number of carbonyl (C=O) groups is 1. The topological polar surface area (TPSA) is 78.5 Å². The summed E-state index contributed by atoms with van der Waals surface area (Å²) < 4.78 is 5.28. The summed E-state index contributed by atoms with van der Waals surface area (Å²) >= 11 is 0. The van der Waals surface area contributed by atoms with Crippen molar-refractivity contribution in [1.29, 1.82) is 0 Å². The molecule has 0 atom stereocenters. The Kier molecular flexibility index (Phi) is 6.66. The maximum absolute atomic E-state index is 11.8. The van der Waals surface area contributed by atoms with E-state index in [1.807, 2.05) is 27.7 Å². The van der Waals surface area contributed by atoms with Gasteiger partial charge in [0.15, 0.2) is 5.96 Å². The van der Waals surface area contributed by atoms with Crippen molar-refractivity contribution in [3.8, 4) is 0 Å². The number of nitrogens with zero attached hydrogens (tertiary/aromatic N) is 1. The summed E-state index contributed by atoms with van der Waals surface area (Å²) in [6.45, 7) is 11.1. The van der Waals surface area contributed by atoms with E-state index in [-0.39, 0.29) is 12.5 Å². The van der Waals surface area contributed by atoms with Gasteiger partial charge in [0.05, 0.1) is 0 Å². The van der Waals surface area contributed by atoms with Crippen LogP contribution in [0.15, 0.2) is 29.4 Å². The number of benzene rings is 1. The van der Waals surface area contributed by atoms with Gasteiger partial charge in [0.2, 0.25) is 0 Å². The summed E-state index contributed by atoms with van der Waals surface area (Å²) in [5.41, 5.74) is 3.20. The van der Waals surface area contributed by atoms with Gasteiger partial charge in [0, 0.05) is 30.2 Å². The average Bonchev–Trinajstić information content (AvgIpc) is 2.96. The molecule has 26 heavy (non-hydrogen) atoms. The van der Waals surface area contributed by atoms with Gasteiger partial charge < -0.3 is 20.4 Å². The molecule has 2 aromatic rings. The molecular formula is C20H30N4O2. The highest BCUT2D eigenvalue weighted by atomic mass is 16.6. The number of para-hydroxylation sites is 1. The molecule has 1 heterocycles. The molecule has 3 N–H and O–H groups in total. The van der Waals surface area contributed by atoms with Crippen LogP contribution in [0, 0.1) is 6.92 Å². The van der Waals surface area contributed by atoms with Crippen molar-refractivity contribution in [1.82, 2.24) is 15.6 Å². The number of esters is 1. The molecule has 0 spiro atoms. The van der Waals surface area contributed by atoms with E-state index in [0.29, 0.717) is 5.96 Å². The lowest BCUT2D eigenvalue weighted by Gasteiger charge is -2.19. The number of guanidine groups is 1. The lowest BCUT2D eigenvalue weighted by Crippen LogP contribution is -2.39. The van der Waals surface area contributed by atoms with Crippen molar-refractivity contribution in [2.45, 2.75) is 46.6 Å². The molecule has 0 saturated heterocycles. The van der Waals surface area contributed by atoms with Gasteiger partial charge in [-0.15, -0.1) is 0 Å². The molecule has 1 aromatic heterocycles. The zero-order valence-corrected chi connectivity index (χ0v) is 16.4. The molecule has 0 fully saturated rings. The number of nitrogens with one attached hydrogen (secondary N) is 3. The summed E-state index contributed by atoms with van der Waals surface area (Å²) in [7, 11) is 0. The van der Waals surface area contributed by atoms with E-state index in [1.165, 1.54) is 22.0 Å². The van der Waals surface area contributed by atoms with Crippen LogP contribution in [-0.4, -0.2) is 42.1 Å². The van der Waals surface area contributed by atoms with Gasteiger partial charge in [-0.2, -0.15) is 0 Å². The number of H-pyrrole nitrogens is 1. The molecule has 1 aromatic carbocycles. The molecule has 0 aliphatic heterocycles. The highest BCUT2D eigenvalue weighted by molar-refractivity contribution is 5.86. The van der Waals surface area contributed by atoms with Crippen molar-refractivity contribution >= 4 is 22.8 Å². The first kappa shape index (κ1) is 19.8. The summed E-state index contributed by atoms with van der Waals surface area (Å²) in [5, 5.41) is 7.68. The maximum atomic E-state index is 11.8. The molecule has 0 radical (unpaired) electrons. The van der Waals surface area contributed by atoms with Crippen molar-refractivity contribution in [3.05, 3.63) is 35.5 Å². The van der Waals surface area contributed by atoms with E-state index >= 15 is 0 Å². The number of ether oxygens (including phenoxy) is 1. The SMILES string of the molecule is CCNC(=NCC(=O)OC(C)(C)C)NCCc1c[nH]c2c(C)cccc12. The van der Waals surface area contributed by atoms with Crippen molar-refractivity contribution < 1.29 is 9.53 Å². The predicted molar refractivity (Wildman–Crippen MR) is 107 cm³/mol. The molecular weight excluding hydrogens is 328 g/mol. The Morgan fingerprint density at radius 2 is 2.04 bits per heavy atom. The number of aliphatic imine (C=N–C) groups is 1. The number of aryl methyl sites for hydroxylation is 1. The minimum absolute atomic E-state index is 0.00111. The molecule has 6 heteroatoms. The summed E-state index contributed by atoms with van der Waals surface area (Å²) in [6.07, 6.45) is 2.92. The third kappa shape index (κ3) is 5.79. The first-order valence-electron chi connectivity index (χ1n) is 9.09. The van der Waals surface area contributed by atoms with Crippen LogP contribution in [-0.2, 0) is 16.0 Å². The highest BCUT2D eigenvalue weighted by Gasteiger charge is 2.15. The Bertz CT molecular complexity index is 772.